The monoisotopic (exact) mass is 439 g/mol. The highest BCUT2D eigenvalue weighted by atomic mass is 18.2. The summed E-state index contributed by atoms with van der Waals surface area (Å²) in [6.45, 7) is 2.55. The molecule has 4 rings (SSSR count). The van der Waals surface area contributed by atoms with Gasteiger partial charge in [-0.25, -0.2) is 4.79 Å². The van der Waals surface area contributed by atoms with E-state index in [4.69, 9.17) is 9.47 Å². The number of carbonyl (C=O) groups excluding carboxylic acids is 1. The summed E-state index contributed by atoms with van der Waals surface area (Å²) >= 11 is 0. The molecule has 0 aromatic heterocycles. The SMILES string of the molecule is COc1ccc(C)cc1NC(=O)OC1CC2CCCC(C1)N2Cc1ccc(CC[18F])cc1. The van der Waals surface area contributed by atoms with E-state index in [0.717, 1.165) is 43.4 Å². The van der Waals surface area contributed by atoms with Crippen molar-refractivity contribution in [3.8, 4) is 5.75 Å². The van der Waals surface area contributed by atoms with Crippen LogP contribution in [0.4, 0.5) is 14.9 Å². The largest absolute Gasteiger partial charge is 0.495 e. The molecule has 2 saturated heterocycles. The fourth-order valence-electron chi connectivity index (χ4n) is 5.12. The molecule has 2 fully saturated rings. The van der Waals surface area contributed by atoms with Crippen LogP contribution in [0.25, 0.3) is 0 Å². The van der Waals surface area contributed by atoms with Crippen LogP contribution < -0.4 is 10.1 Å². The number of anilines is 1. The number of amides is 1. The number of carbonyl (C=O) groups is 1. The Morgan fingerprint density at radius 1 is 1.09 bits per heavy atom. The summed E-state index contributed by atoms with van der Waals surface area (Å²) in [4.78, 5) is 15.2. The van der Waals surface area contributed by atoms with Gasteiger partial charge in [-0.1, -0.05) is 36.8 Å². The van der Waals surface area contributed by atoms with E-state index in [-0.39, 0.29) is 12.8 Å². The van der Waals surface area contributed by atoms with Gasteiger partial charge in [-0.3, -0.25) is 14.6 Å². The highest BCUT2D eigenvalue weighted by molar-refractivity contribution is 5.87. The summed E-state index contributed by atoms with van der Waals surface area (Å²) in [5.41, 5.74) is 3.97. The van der Waals surface area contributed by atoms with Crippen LogP contribution in [0.1, 0.15) is 48.8 Å². The second kappa shape index (κ2) is 10.3. The van der Waals surface area contributed by atoms with E-state index in [1.54, 1.807) is 7.11 Å². The van der Waals surface area contributed by atoms with E-state index in [9.17, 15) is 9.18 Å². The Bertz CT molecular complexity index is 904. The predicted octanol–water partition coefficient (Wildman–Crippen LogP) is 5.65. The Labute approximate surface area is 189 Å². The first-order chi connectivity index (χ1) is 15.6. The van der Waals surface area contributed by atoms with E-state index in [0.29, 0.717) is 29.9 Å². The molecule has 0 spiro atoms. The molecule has 1 amide bonds. The van der Waals surface area contributed by atoms with Crippen LogP contribution in [-0.4, -0.2) is 43.0 Å². The lowest BCUT2D eigenvalue weighted by molar-refractivity contribution is -0.0348. The number of hydrogen-bond acceptors (Lipinski definition) is 4. The highest BCUT2D eigenvalue weighted by Gasteiger charge is 2.39. The molecule has 2 atom stereocenters. The molecule has 2 aliphatic heterocycles. The van der Waals surface area contributed by atoms with Crippen molar-refractivity contribution < 1.29 is 18.7 Å². The number of benzene rings is 2. The lowest BCUT2D eigenvalue weighted by atomic mass is 9.82. The first kappa shape index (κ1) is 22.6. The average molecular weight is 440 g/mol. The normalized spacial score (nSPS) is 22.9. The fourth-order valence-corrected chi connectivity index (χ4v) is 5.12. The van der Waals surface area contributed by atoms with Gasteiger partial charge < -0.3 is 9.47 Å². The predicted molar refractivity (Wildman–Crippen MR) is 124 cm³/mol. The van der Waals surface area contributed by atoms with Gasteiger partial charge in [0.05, 0.1) is 19.5 Å². The van der Waals surface area contributed by atoms with Gasteiger partial charge in [0, 0.05) is 37.9 Å². The van der Waals surface area contributed by atoms with Crippen molar-refractivity contribution in [3.05, 3.63) is 59.2 Å². The minimum atomic E-state index is -0.422. The maximum Gasteiger partial charge on any atom is 0.412 e. The fraction of sp³-hybridized carbons (Fsp3) is 0.500. The van der Waals surface area contributed by atoms with Crippen molar-refractivity contribution >= 4 is 11.8 Å². The van der Waals surface area contributed by atoms with Crippen LogP contribution >= 0.6 is 0 Å². The summed E-state index contributed by atoms with van der Waals surface area (Å²) in [5.74, 6) is 0.622. The summed E-state index contributed by atoms with van der Waals surface area (Å²) in [6, 6.07) is 14.8. The maximum absolute atomic E-state index is 12.6. The lowest BCUT2D eigenvalue weighted by Gasteiger charge is -2.48. The molecule has 0 saturated carbocycles. The molecule has 6 heteroatoms. The Hall–Kier alpha value is -2.60. The number of nitrogens with one attached hydrogen (secondary N) is 1. The number of alkyl halides is 1. The average Bonchev–Trinajstić information content (AvgIpc) is 2.76. The molecule has 0 radical (unpaired) electrons. The van der Waals surface area contributed by atoms with E-state index in [1.165, 1.54) is 12.0 Å². The van der Waals surface area contributed by atoms with Crippen molar-refractivity contribution in [1.82, 2.24) is 4.90 Å². The molecule has 0 aliphatic carbocycles. The number of nitrogens with zero attached hydrogens (tertiary/aromatic N) is 1. The summed E-state index contributed by atoms with van der Waals surface area (Å²) in [6.07, 6.45) is 5.17. The van der Waals surface area contributed by atoms with Crippen molar-refractivity contribution in [1.29, 1.82) is 0 Å². The quantitative estimate of drug-likeness (QED) is 0.606. The number of methoxy groups -OCH3 is 1. The van der Waals surface area contributed by atoms with Gasteiger partial charge in [0.25, 0.3) is 0 Å². The third-order valence-corrected chi connectivity index (χ3v) is 6.72. The zero-order valence-electron chi connectivity index (χ0n) is 19.0. The molecular weight excluding hydrogens is 406 g/mol. The second-order valence-electron chi connectivity index (χ2n) is 8.99. The van der Waals surface area contributed by atoms with Gasteiger partial charge in [0.15, 0.2) is 0 Å². The topological polar surface area (TPSA) is 50.8 Å². The van der Waals surface area contributed by atoms with E-state index in [2.05, 4.69) is 22.3 Å². The van der Waals surface area contributed by atoms with Crippen molar-refractivity contribution in [2.24, 2.45) is 0 Å². The number of fused-ring (bicyclic) bond motifs is 2. The smallest absolute Gasteiger partial charge is 0.412 e. The summed E-state index contributed by atoms with van der Waals surface area (Å²) in [7, 11) is 1.59. The van der Waals surface area contributed by atoms with Crippen LogP contribution in [-0.2, 0) is 17.7 Å². The van der Waals surface area contributed by atoms with Gasteiger partial charge in [0.2, 0.25) is 0 Å². The zero-order valence-corrected chi connectivity index (χ0v) is 19.0. The van der Waals surface area contributed by atoms with E-state index >= 15 is 0 Å². The molecule has 1 N–H and O–H groups in total. The molecule has 2 aromatic rings. The van der Waals surface area contributed by atoms with Crippen LogP contribution in [0.5, 0.6) is 5.75 Å². The molecule has 2 heterocycles. The molecule has 2 unspecified atom stereocenters. The number of halogens is 1. The van der Waals surface area contributed by atoms with Gasteiger partial charge in [-0.05, 0) is 48.6 Å². The molecular formula is C26H33FN2O3. The summed E-state index contributed by atoms with van der Waals surface area (Å²) < 4.78 is 23.8. The highest BCUT2D eigenvalue weighted by Crippen LogP contribution is 2.36. The second-order valence-corrected chi connectivity index (χ2v) is 8.99. The van der Waals surface area contributed by atoms with Crippen LogP contribution in [0.3, 0.4) is 0 Å². The van der Waals surface area contributed by atoms with E-state index < -0.39 is 6.09 Å². The lowest BCUT2D eigenvalue weighted by Crippen LogP contribution is -2.53. The number of ether oxygens (including phenoxy) is 2. The minimum Gasteiger partial charge on any atom is -0.495 e. The number of rotatable bonds is 7. The maximum atomic E-state index is 12.6. The molecule has 5 nitrogen and oxygen atoms in total. The van der Waals surface area contributed by atoms with Gasteiger partial charge >= 0.3 is 6.09 Å². The first-order valence-electron chi connectivity index (χ1n) is 11.6. The Morgan fingerprint density at radius 2 is 1.78 bits per heavy atom. The van der Waals surface area contributed by atoms with Gasteiger partial charge in [-0.2, -0.15) is 0 Å². The Kier molecular flexibility index (Phi) is 7.30. The third-order valence-electron chi connectivity index (χ3n) is 6.72. The van der Waals surface area contributed by atoms with Crippen molar-refractivity contribution in [2.45, 2.75) is 70.2 Å². The minimum absolute atomic E-state index is 0.0794. The van der Waals surface area contributed by atoms with Gasteiger partial charge in [-0.15, -0.1) is 0 Å². The standard InChI is InChI=1S/C26H33FN2O3/c1-18-6-11-25(31-2)24(14-18)28-26(30)32-23-15-21-4-3-5-22(16-23)29(21)17-20-9-7-19(8-10-20)12-13-27/h6-11,14,21-23H,3-5,12-13,15-17H2,1-2H3,(H,28,30)/i27-1. The van der Waals surface area contributed by atoms with Crippen LogP contribution in [0.15, 0.2) is 42.5 Å². The molecule has 2 aromatic carbocycles. The Balaban J connectivity index is 1.36. The number of piperidine rings is 2. The molecule has 2 aliphatic rings. The Morgan fingerprint density at radius 3 is 2.44 bits per heavy atom. The van der Waals surface area contributed by atoms with Crippen molar-refractivity contribution in [2.75, 3.05) is 19.1 Å². The third kappa shape index (κ3) is 5.41. The van der Waals surface area contributed by atoms with Crippen LogP contribution in [0, 0.1) is 6.92 Å². The van der Waals surface area contributed by atoms with Crippen molar-refractivity contribution in [3.63, 3.8) is 0 Å². The van der Waals surface area contributed by atoms with Crippen LogP contribution in [0.2, 0.25) is 0 Å². The molecule has 2 bridgehead atoms. The van der Waals surface area contributed by atoms with E-state index in [1.807, 2.05) is 37.3 Å². The number of aryl methyl sites for hydroxylation is 2. The first-order valence-corrected chi connectivity index (χ1v) is 11.6. The zero-order chi connectivity index (χ0) is 22.5. The molecule has 32 heavy (non-hydrogen) atoms. The molecule has 172 valence electrons. The summed E-state index contributed by atoms with van der Waals surface area (Å²) in [5, 5.41) is 2.86. The van der Waals surface area contributed by atoms with Gasteiger partial charge in [0.1, 0.15) is 11.9 Å². The number of hydrogen-bond donors (Lipinski definition) is 1.